The number of hydrogen-bond acceptors (Lipinski definition) is 4. The highest BCUT2D eigenvalue weighted by Gasteiger charge is 2.09. The smallest absolute Gasteiger partial charge is 0.260 e. The zero-order valence-corrected chi connectivity index (χ0v) is 11.7. The van der Waals surface area contributed by atoms with Crippen molar-refractivity contribution in [3.63, 3.8) is 0 Å². The lowest BCUT2D eigenvalue weighted by Crippen LogP contribution is -2.05. The predicted octanol–water partition coefficient (Wildman–Crippen LogP) is 3.79. The molecular formula is C15H18FN3O. The lowest BCUT2D eigenvalue weighted by molar-refractivity contribution is 0.420. The number of anilines is 1. The Bertz CT molecular complexity index is 575. The van der Waals surface area contributed by atoms with Crippen molar-refractivity contribution in [2.45, 2.75) is 26.7 Å². The largest absolute Gasteiger partial charge is 0.436 e. The molecule has 5 heteroatoms. The molecule has 0 aliphatic rings. The van der Waals surface area contributed by atoms with Crippen molar-refractivity contribution in [2.24, 2.45) is 0 Å². The van der Waals surface area contributed by atoms with Crippen molar-refractivity contribution in [2.75, 3.05) is 11.9 Å². The number of nitrogens with one attached hydrogen (secondary N) is 1. The molecule has 20 heavy (non-hydrogen) atoms. The maximum Gasteiger partial charge on any atom is 0.260 e. The van der Waals surface area contributed by atoms with Crippen LogP contribution in [-0.2, 0) is 6.42 Å². The van der Waals surface area contributed by atoms with Crippen LogP contribution in [0, 0.1) is 5.82 Å². The maximum atomic E-state index is 13.7. The Balaban J connectivity index is 2.18. The fourth-order valence-corrected chi connectivity index (χ4v) is 1.69. The van der Waals surface area contributed by atoms with Crippen LogP contribution in [0.25, 0.3) is 0 Å². The molecule has 0 unspecified atom stereocenters. The van der Waals surface area contributed by atoms with E-state index in [1.807, 2.05) is 25.1 Å². The maximum absolute atomic E-state index is 13.7. The van der Waals surface area contributed by atoms with Crippen molar-refractivity contribution < 1.29 is 9.13 Å². The Morgan fingerprint density at radius 1 is 1.30 bits per heavy atom. The average Bonchev–Trinajstić information content (AvgIpc) is 2.48. The van der Waals surface area contributed by atoms with Gasteiger partial charge in [-0.15, -0.1) is 0 Å². The normalized spacial score (nSPS) is 10.3. The van der Waals surface area contributed by atoms with Gasteiger partial charge in [0.25, 0.3) is 5.88 Å². The van der Waals surface area contributed by atoms with Gasteiger partial charge in [-0.1, -0.05) is 26.0 Å². The third-order valence-electron chi connectivity index (χ3n) is 2.77. The third-order valence-corrected chi connectivity index (χ3v) is 2.77. The van der Waals surface area contributed by atoms with Gasteiger partial charge in [0, 0.05) is 6.54 Å². The number of benzene rings is 1. The topological polar surface area (TPSA) is 47.0 Å². The van der Waals surface area contributed by atoms with E-state index in [0.717, 1.165) is 31.1 Å². The van der Waals surface area contributed by atoms with Gasteiger partial charge in [0.15, 0.2) is 0 Å². The summed E-state index contributed by atoms with van der Waals surface area (Å²) >= 11 is 0. The number of nitrogens with zero attached hydrogens (tertiary/aromatic N) is 2. The van der Waals surface area contributed by atoms with Crippen LogP contribution in [-0.4, -0.2) is 16.5 Å². The first-order valence-electron chi connectivity index (χ1n) is 6.76. The van der Waals surface area contributed by atoms with Gasteiger partial charge >= 0.3 is 0 Å². The van der Waals surface area contributed by atoms with E-state index >= 15 is 0 Å². The van der Waals surface area contributed by atoms with E-state index in [-0.39, 0.29) is 5.88 Å². The first-order chi connectivity index (χ1) is 9.72. The molecule has 0 saturated heterocycles. The minimum Gasteiger partial charge on any atom is -0.436 e. The fraction of sp³-hybridized carbons (Fsp3) is 0.333. The number of aryl methyl sites for hydroxylation is 1. The van der Waals surface area contributed by atoms with Gasteiger partial charge in [0.1, 0.15) is 5.75 Å². The van der Waals surface area contributed by atoms with Crippen molar-refractivity contribution in [1.29, 1.82) is 0 Å². The van der Waals surface area contributed by atoms with E-state index in [1.165, 1.54) is 0 Å². The minimum absolute atomic E-state index is 0.0631. The van der Waals surface area contributed by atoms with Crippen LogP contribution in [0.15, 0.2) is 30.5 Å². The van der Waals surface area contributed by atoms with Crippen LogP contribution < -0.4 is 10.1 Å². The number of hydrogen-bond donors (Lipinski definition) is 1. The second-order valence-electron chi connectivity index (χ2n) is 4.38. The number of rotatable bonds is 6. The molecule has 0 saturated carbocycles. The third kappa shape index (κ3) is 3.66. The van der Waals surface area contributed by atoms with Gasteiger partial charge < -0.3 is 10.1 Å². The molecule has 0 spiro atoms. The van der Waals surface area contributed by atoms with Crippen LogP contribution in [0.2, 0.25) is 0 Å². The molecule has 1 aromatic carbocycles. The van der Waals surface area contributed by atoms with Crippen molar-refractivity contribution in [3.8, 4) is 11.6 Å². The second-order valence-corrected chi connectivity index (χ2v) is 4.38. The van der Waals surface area contributed by atoms with E-state index in [4.69, 9.17) is 4.74 Å². The van der Waals surface area contributed by atoms with E-state index in [0.29, 0.717) is 11.7 Å². The monoisotopic (exact) mass is 275 g/mol. The summed E-state index contributed by atoms with van der Waals surface area (Å²) in [5.74, 6) is 0.305. The Morgan fingerprint density at radius 3 is 2.90 bits per heavy atom. The van der Waals surface area contributed by atoms with E-state index in [9.17, 15) is 4.39 Å². The van der Waals surface area contributed by atoms with Gasteiger partial charge in [0.05, 0.1) is 6.20 Å². The number of aromatic nitrogens is 2. The Morgan fingerprint density at radius 2 is 2.15 bits per heavy atom. The summed E-state index contributed by atoms with van der Waals surface area (Å²) < 4.78 is 19.2. The molecule has 4 nitrogen and oxygen atoms in total. The molecule has 0 bridgehead atoms. The summed E-state index contributed by atoms with van der Waals surface area (Å²) in [6.45, 7) is 4.82. The summed E-state index contributed by atoms with van der Waals surface area (Å²) in [6, 6.07) is 7.53. The molecular weight excluding hydrogens is 257 g/mol. The quantitative estimate of drug-likeness (QED) is 0.871. The van der Waals surface area contributed by atoms with E-state index in [1.54, 1.807) is 6.07 Å². The molecule has 1 N–H and O–H groups in total. The summed E-state index contributed by atoms with van der Waals surface area (Å²) in [4.78, 5) is 7.92. The zero-order valence-electron chi connectivity index (χ0n) is 11.7. The van der Waals surface area contributed by atoms with Crippen LogP contribution in [0.4, 0.5) is 10.3 Å². The SMILES string of the molecule is CCCNc1ncc(F)c(Oc2cccc(CC)c2)n1. The molecule has 0 fully saturated rings. The van der Waals surface area contributed by atoms with Gasteiger partial charge in [-0.2, -0.15) is 9.37 Å². The zero-order chi connectivity index (χ0) is 14.4. The Kier molecular flexibility index (Phi) is 4.87. The van der Waals surface area contributed by atoms with Crippen molar-refractivity contribution in [1.82, 2.24) is 9.97 Å². The number of ether oxygens (including phenoxy) is 1. The molecule has 2 rings (SSSR count). The van der Waals surface area contributed by atoms with Crippen LogP contribution >= 0.6 is 0 Å². The standard InChI is InChI=1S/C15H18FN3O/c1-3-8-17-15-18-10-13(16)14(19-15)20-12-7-5-6-11(4-2)9-12/h5-7,9-10H,3-4,8H2,1-2H3,(H,17,18,19). The summed E-state index contributed by atoms with van der Waals surface area (Å²) in [7, 11) is 0. The van der Waals surface area contributed by atoms with Crippen molar-refractivity contribution in [3.05, 3.63) is 41.8 Å². The predicted molar refractivity (Wildman–Crippen MR) is 76.7 cm³/mol. The van der Waals surface area contributed by atoms with Crippen LogP contribution in [0.1, 0.15) is 25.8 Å². The molecule has 0 aliphatic heterocycles. The lowest BCUT2D eigenvalue weighted by Gasteiger charge is -2.09. The molecule has 0 atom stereocenters. The molecule has 0 amide bonds. The summed E-state index contributed by atoms with van der Waals surface area (Å²) in [5, 5.41) is 3.00. The Hall–Kier alpha value is -2.17. The van der Waals surface area contributed by atoms with Crippen LogP contribution in [0.5, 0.6) is 11.6 Å². The lowest BCUT2D eigenvalue weighted by atomic mass is 10.2. The fourth-order valence-electron chi connectivity index (χ4n) is 1.69. The number of halogens is 1. The first-order valence-corrected chi connectivity index (χ1v) is 6.76. The van der Waals surface area contributed by atoms with Crippen molar-refractivity contribution >= 4 is 5.95 Å². The van der Waals surface area contributed by atoms with E-state index < -0.39 is 5.82 Å². The van der Waals surface area contributed by atoms with E-state index in [2.05, 4.69) is 22.2 Å². The molecule has 2 aromatic rings. The highest BCUT2D eigenvalue weighted by Crippen LogP contribution is 2.23. The van der Waals surface area contributed by atoms with Gasteiger partial charge in [0.2, 0.25) is 11.8 Å². The molecule has 0 aliphatic carbocycles. The average molecular weight is 275 g/mol. The molecule has 1 aromatic heterocycles. The molecule has 1 heterocycles. The highest BCUT2D eigenvalue weighted by atomic mass is 19.1. The molecule has 106 valence electrons. The minimum atomic E-state index is -0.575. The summed E-state index contributed by atoms with van der Waals surface area (Å²) in [5.41, 5.74) is 1.13. The van der Waals surface area contributed by atoms with Gasteiger partial charge in [-0.25, -0.2) is 4.98 Å². The highest BCUT2D eigenvalue weighted by molar-refractivity contribution is 5.34. The van der Waals surface area contributed by atoms with Gasteiger partial charge in [-0.05, 0) is 30.5 Å². The Labute approximate surface area is 118 Å². The summed E-state index contributed by atoms with van der Waals surface area (Å²) in [6.07, 6.45) is 2.95. The first kappa shape index (κ1) is 14.2. The van der Waals surface area contributed by atoms with Gasteiger partial charge in [-0.3, -0.25) is 0 Å². The molecule has 0 radical (unpaired) electrons. The second kappa shape index (κ2) is 6.84. The van der Waals surface area contributed by atoms with Crippen LogP contribution in [0.3, 0.4) is 0 Å².